The third kappa shape index (κ3) is 5.12. The first-order chi connectivity index (χ1) is 14.4. The topological polar surface area (TPSA) is 94.8 Å². The zero-order valence-corrected chi connectivity index (χ0v) is 17.6. The van der Waals surface area contributed by atoms with E-state index in [0.29, 0.717) is 18.1 Å². The number of benzene rings is 2. The molecule has 0 spiro atoms. The highest BCUT2D eigenvalue weighted by Gasteiger charge is 2.11. The predicted octanol–water partition coefficient (Wildman–Crippen LogP) is 4.24. The summed E-state index contributed by atoms with van der Waals surface area (Å²) in [6.07, 6.45) is 3.72. The van der Waals surface area contributed by atoms with Gasteiger partial charge in [0.1, 0.15) is 5.01 Å². The molecule has 8 nitrogen and oxygen atoms in total. The molecule has 3 aromatic rings. The summed E-state index contributed by atoms with van der Waals surface area (Å²) in [5, 5.41) is 11.7. The van der Waals surface area contributed by atoms with Gasteiger partial charge in [-0.25, -0.2) is 4.98 Å². The van der Waals surface area contributed by atoms with Crippen molar-refractivity contribution in [3.05, 3.63) is 57.1 Å². The second-order valence-electron chi connectivity index (χ2n) is 6.51. The number of thiazole rings is 1. The molecular weight excluding hydrogens is 406 g/mol. The summed E-state index contributed by atoms with van der Waals surface area (Å²) < 4.78 is 12.0. The van der Waals surface area contributed by atoms with Crippen LogP contribution in [0.1, 0.15) is 17.5 Å². The highest BCUT2D eigenvalue weighted by atomic mass is 32.1. The van der Waals surface area contributed by atoms with Gasteiger partial charge >= 0.3 is 0 Å². The van der Waals surface area contributed by atoms with Gasteiger partial charge in [0, 0.05) is 26.2 Å². The van der Waals surface area contributed by atoms with E-state index in [0.717, 1.165) is 20.8 Å². The lowest BCUT2D eigenvalue weighted by molar-refractivity contribution is -0.384. The van der Waals surface area contributed by atoms with Crippen molar-refractivity contribution in [3.63, 3.8) is 0 Å². The molecule has 0 aliphatic heterocycles. The number of hydrogen-bond acceptors (Lipinski definition) is 7. The maximum Gasteiger partial charge on any atom is 0.270 e. The van der Waals surface area contributed by atoms with Crippen LogP contribution in [0.15, 0.2) is 36.4 Å². The van der Waals surface area contributed by atoms with Gasteiger partial charge in [-0.15, -0.1) is 11.3 Å². The maximum absolute atomic E-state index is 11.7. The number of nitro groups is 1. The molecule has 0 N–H and O–H groups in total. The first-order valence-electron chi connectivity index (χ1n) is 9.20. The van der Waals surface area contributed by atoms with Crippen LogP contribution in [0.4, 0.5) is 5.69 Å². The van der Waals surface area contributed by atoms with Gasteiger partial charge in [-0.1, -0.05) is 12.1 Å². The van der Waals surface area contributed by atoms with E-state index in [1.165, 1.54) is 28.4 Å². The molecule has 1 aromatic heterocycles. The van der Waals surface area contributed by atoms with Crippen LogP contribution in [-0.4, -0.2) is 48.0 Å². The summed E-state index contributed by atoms with van der Waals surface area (Å²) >= 11 is 1.38. The molecule has 30 heavy (non-hydrogen) atoms. The second kappa shape index (κ2) is 9.36. The fourth-order valence-electron chi connectivity index (χ4n) is 2.57. The van der Waals surface area contributed by atoms with Gasteiger partial charge in [0.05, 0.1) is 21.7 Å². The van der Waals surface area contributed by atoms with Gasteiger partial charge in [-0.3, -0.25) is 14.9 Å². The van der Waals surface area contributed by atoms with E-state index in [4.69, 9.17) is 9.47 Å². The van der Waals surface area contributed by atoms with Crippen molar-refractivity contribution < 1.29 is 19.2 Å². The van der Waals surface area contributed by atoms with Crippen molar-refractivity contribution in [3.8, 4) is 11.5 Å². The van der Waals surface area contributed by atoms with E-state index < -0.39 is 4.92 Å². The first kappa shape index (κ1) is 21.3. The van der Waals surface area contributed by atoms with Crippen LogP contribution in [0.3, 0.4) is 0 Å². The summed E-state index contributed by atoms with van der Waals surface area (Å²) in [4.78, 5) is 28.2. The minimum Gasteiger partial charge on any atom is -0.490 e. The van der Waals surface area contributed by atoms with Crippen LogP contribution in [0.25, 0.3) is 22.4 Å². The van der Waals surface area contributed by atoms with E-state index in [2.05, 4.69) is 4.98 Å². The number of nitro benzene ring substituents is 1. The van der Waals surface area contributed by atoms with Gasteiger partial charge < -0.3 is 14.4 Å². The van der Waals surface area contributed by atoms with Crippen LogP contribution in [0.5, 0.6) is 11.5 Å². The quantitative estimate of drug-likeness (QED) is 0.394. The van der Waals surface area contributed by atoms with Crippen molar-refractivity contribution in [1.82, 2.24) is 9.88 Å². The normalized spacial score (nSPS) is 11.0. The average molecular weight is 427 g/mol. The van der Waals surface area contributed by atoms with E-state index in [-0.39, 0.29) is 18.2 Å². The predicted molar refractivity (Wildman–Crippen MR) is 117 cm³/mol. The molecule has 2 aromatic carbocycles. The van der Waals surface area contributed by atoms with E-state index in [1.807, 2.05) is 31.2 Å². The highest BCUT2D eigenvalue weighted by Crippen LogP contribution is 2.30. The Balaban J connectivity index is 1.79. The molecular formula is C21H21N3O5S. The number of nitrogens with zero attached hydrogens (tertiary/aromatic N) is 3. The number of non-ortho nitro benzene ring substituents is 1. The Labute approximate surface area is 177 Å². The minimum absolute atomic E-state index is 0.0476. The van der Waals surface area contributed by atoms with Gasteiger partial charge in [-0.05, 0) is 36.8 Å². The number of likely N-dealkylation sites (N-methyl/N-ethyl adjacent to an activating group) is 1. The fraction of sp³-hybridized carbons (Fsp3) is 0.238. The molecule has 156 valence electrons. The summed E-state index contributed by atoms with van der Waals surface area (Å²) in [6.45, 7) is 2.26. The molecule has 9 heteroatoms. The third-order valence-corrected chi connectivity index (χ3v) is 5.12. The molecule has 0 radical (unpaired) electrons. The van der Waals surface area contributed by atoms with E-state index in [1.54, 1.807) is 26.2 Å². The Bertz CT molecular complexity index is 1110. The first-order valence-corrected chi connectivity index (χ1v) is 10.0. The summed E-state index contributed by atoms with van der Waals surface area (Å²) in [7, 11) is 3.34. The second-order valence-corrected chi connectivity index (χ2v) is 7.57. The van der Waals surface area contributed by atoms with Crippen molar-refractivity contribution in [1.29, 1.82) is 0 Å². The van der Waals surface area contributed by atoms with E-state index in [9.17, 15) is 14.9 Å². The summed E-state index contributed by atoms with van der Waals surface area (Å²) in [5.41, 5.74) is 1.64. The lowest BCUT2D eigenvalue weighted by Gasteiger charge is -2.14. The molecule has 0 fully saturated rings. The number of rotatable bonds is 8. The number of carbonyl (C=O) groups is 1. The molecule has 0 saturated carbocycles. The van der Waals surface area contributed by atoms with E-state index >= 15 is 0 Å². The van der Waals surface area contributed by atoms with Crippen LogP contribution in [-0.2, 0) is 4.79 Å². The largest absolute Gasteiger partial charge is 0.490 e. The number of aromatic nitrogens is 1. The van der Waals surface area contributed by atoms with Crippen molar-refractivity contribution >= 4 is 45.3 Å². The molecule has 0 saturated heterocycles. The molecule has 0 bridgehead atoms. The van der Waals surface area contributed by atoms with Crippen LogP contribution >= 0.6 is 11.3 Å². The molecule has 1 amide bonds. The van der Waals surface area contributed by atoms with Crippen molar-refractivity contribution in [2.75, 3.05) is 27.3 Å². The number of amides is 1. The van der Waals surface area contributed by atoms with Crippen LogP contribution < -0.4 is 9.47 Å². The molecule has 0 aliphatic rings. The number of hydrogen-bond donors (Lipinski definition) is 0. The molecule has 0 unspecified atom stereocenters. The Morgan fingerprint density at radius 3 is 2.67 bits per heavy atom. The monoisotopic (exact) mass is 427 g/mol. The smallest absolute Gasteiger partial charge is 0.270 e. The maximum atomic E-state index is 11.7. The Morgan fingerprint density at radius 1 is 1.17 bits per heavy atom. The van der Waals surface area contributed by atoms with Gasteiger partial charge in [0.25, 0.3) is 11.6 Å². The Morgan fingerprint density at radius 2 is 1.97 bits per heavy atom. The third-order valence-electron chi connectivity index (χ3n) is 4.14. The molecule has 1 heterocycles. The Hall–Kier alpha value is -3.46. The van der Waals surface area contributed by atoms with Crippen LogP contribution in [0, 0.1) is 10.1 Å². The SMILES string of the molecule is CCOc1cc(/C=C/c2nc3ccc([N+](=O)[O-])cc3s2)ccc1OCC(=O)N(C)C. The highest BCUT2D eigenvalue weighted by molar-refractivity contribution is 7.19. The lowest BCUT2D eigenvalue weighted by Crippen LogP contribution is -2.27. The number of ether oxygens (including phenoxy) is 2. The molecule has 0 aliphatic carbocycles. The average Bonchev–Trinajstić information content (AvgIpc) is 3.13. The van der Waals surface area contributed by atoms with Gasteiger partial charge in [0.15, 0.2) is 18.1 Å². The standard InChI is InChI=1S/C21H21N3O5S/c1-4-28-18-11-14(5-9-17(18)29-13-21(25)23(2)3)6-10-20-22-16-8-7-15(24(26)27)12-19(16)30-20/h5-12H,4,13H2,1-3H3/b10-6+. The number of carbonyl (C=O) groups excluding carboxylic acids is 1. The van der Waals surface area contributed by atoms with Gasteiger partial charge in [0.2, 0.25) is 0 Å². The molecule has 0 atom stereocenters. The summed E-state index contributed by atoms with van der Waals surface area (Å²) in [5.74, 6) is 0.903. The zero-order chi connectivity index (χ0) is 21.7. The van der Waals surface area contributed by atoms with Crippen LogP contribution in [0.2, 0.25) is 0 Å². The number of fused-ring (bicyclic) bond motifs is 1. The molecule has 3 rings (SSSR count). The lowest BCUT2D eigenvalue weighted by atomic mass is 10.2. The zero-order valence-electron chi connectivity index (χ0n) is 16.8. The summed E-state index contributed by atoms with van der Waals surface area (Å²) in [6, 6.07) is 10.1. The fourth-order valence-corrected chi connectivity index (χ4v) is 3.47. The van der Waals surface area contributed by atoms with Crippen molar-refractivity contribution in [2.45, 2.75) is 6.92 Å². The van der Waals surface area contributed by atoms with Crippen molar-refractivity contribution in [2.24, 2.45) is 0 Å². The van der Waals surface area contributed by atoms with Gasteiger partial charge in [-0.2, -0.15) is 0 Å². The Kier molecular flexibility index (Phi) is 6.63. The minimum atomic E-state index is -0.417.